The van der Waals surface area contributed by atoms with Gasteiger partial charge >= 0.3 is 0 Å². The third-order valence-electron chi connectivity index (χ3n) is 6.19. The van der Waals surface area contributed by atoms with Crippen molar-refractivity contribution in [2.24, 2.45) is 11.8 Å². The number of hydrogen-bond donors (Lipinski definition) is 2. The Morgan fingerprint density at radius 1 is 1.07 bits per heavy atom. The molecule has 5 nitrogen and oxygen atoms in total. The van der Waals surface area contributed by atoms with Crippen LogP contribution in [0.2, 0.25) is 0 Å². The number of phenolic OH excluding ortho intramolecular Hbond substituents is 1. The molecule has 1 saturated heterocycles. The lowest BCUT2D eigenvalue weighted by atomic mass is 9.91. The zero-order valence-electron chi connectivity index (χ0n) is 16.2. The first-order valence-corrected chi connectivity index (χ1v) is 9.84. The Bertz CT molecular complexity index is 817. The lowest BCUT2D eigenvalue weighted by molar-refractivity contribution is 0.0355. The van der Waals surface area contributed by atoms with E-state index in [0.717, 1.165) is 37.2 Å². The van der Waals surface area contributed by atoms with Crippen LogP contribution in [0.1, 0.15) is 28.8 Å². The van der Waals surface area contributed by atoms with Crippen LogP contribution in [0.15, 0.2) is 48.5 Å². The van der Waals surface area contributed by atoms with Gasteiger partial charge in [0.2, 0.25) is 0 Å². The van der Waals surface area contributed by atoms with Gasteiger partial charge in [0.25, 0.3) is 0 Å². The Kier molecular flexibility index (Phi) is 5.13. The van der Waals surface area contributed by atoms with Crippen molar-refractivity contribution in [3.8, 4) is 11.5 Å². The van der Waals surface area contributed by atoms with Crippen LogP contribution in [0.3, 0.4) is 0 Å². The van der Waals surface area contributed by atoms with Crippen molar-refractivity contribution in [3.05, 3.63) is 59.7 Å². The average Bonchev–Trinajstić information content (AvgIpc) is 3.16. The van der Waals surface area contributed by atoms with E-state index in [1.165, 1.54) is 0 Å². The van der Waals surface area contributed by atoms with Crippen LogP contribution in [-0.4, -0.2) is 53.2 Å². The number of aliphatic hydroxyl groups is 1. The minimum absolute atomic E-state index is 0.0773. The fraction of sp³-hybridized carbons (Fsp3) is 0.435. The minimum Gasteiger partial charge on any atom is -0.508 e. The monoisotopic (exact) mass is 381 g/mol. The molecule has 0 spiro atoms. The van der Waals surface area contributed by atoms with Crippen molar-refractivity contribution in [2.75, 3.05) is 26.7 Å². The Hall–Kier alpha value is -2.37. The molecule has 1 aliphatic carbocycles. The molecule has 2 atom stereocenters. The highest BCUT2D eigenvalue weighted by Gasteiger charge is 2.48. The number of methoxy groups -OCH3 is 1. The number of ketones is 1. The summed E-state index contributed by atoms with van der Waals surface area (Å²) in [4.78, 5) is 14.7. The summed E-state index contributed by atoms with van der Waals surface area (Å²) in [5.74, 6) is 1.96. The molecule has 2 aromatic carbocycles. The number of benzene rings is 2. The van der Waals surface area contributed by atoms with E-state index in [9.17, 15) is 15.0 Å². The molecule has 4 rings (SSSR count). The van der Waals surface area contributed by atoms with Gasteiger partial charge in [0.15, 0.2) is 5.78 Å². The standard InChI is InChI=1S/C23H27NO4/c1-28-21-8-2-16(3-9-21)10-23(27)11-18-13-24(14-19(18)12-23)15-22(26)17-4-6-20(25)7-5-17/h2-9,18-19,25,27H,10-15H2,1H3. The van der Waals surface area contributed by atoms with E-state index in [2.05, 4.69) is 4.90 Å². The summed E-state index contributed by atoms with van der Waals surface area (Å²) in [6, 6.07) is 14.3. The molecule has 2 N–H and O–H groups in total. The molecule has 1 heterocycles. The van der Waals surface area contributed by atoms with Crippen molar-refractivity contribution < 1.29 is 19.7 Å². The number of likely N-dealkylation sites (tertiary alicyclic amines) is 1. The van der Waals surface area contributed by atoms with Crippen LogP contribution in [0.25, 0.3) is 0 Å². The molecular weight excluding hydrogens is 354 g/mol. The molecule has 5 heteroatoms. The molecule has 2 unspecified atom stereocenters. The van der Waals surface area contributed by atoms with Crippen molar-refractivity contribution in [3.63, 3.8) is 0 Å². The smallest absolute Gasteiger partial charge is 0.176 e. The normalized spacial score (nSPS) is 26.9. The lowest BCUT2D eigenvalue weighted by Gasteiger charge is -2.26. The number of aromatic hydroxyl groups is 1. The van der Waals surface area contributed by atoms with Gasteiger partial charge in [0.05, 0.1) is 19.3 Å². The fourth-order valence-electron chi connectivity index (χ4n) is 4.90. The number of ether oxygens (including phenoxy) is 1. The summed E-state index contributed by atoms with van der Waals surface area (Å²) in [7, 11) is 1.65. The van der Waals surface area contributed by atoms with Crippen LogP contribution >= 0.6 is 0 Å². The average molecular weight is 381 g/mol. The first-order chi connectivity index (χ1) is 13.4. The Morgan fingerprint density at radius 3 is 2.25 bits per heavy atom. The number of nitrogens with zero attached hydrogens (tertiary/aromatic N) is 1. The second-order valence-electron chi connectivity index (χ2n) is 8.34. The zero-order chi connectivity index (χ0) is 19.7. The van der Waals surface area contributed by atoms with Crippen molar-refractivity contribution in [1.82, 2.24) is 4.90 Å². The molecule has 1 aliphatic heterocycles. The maximum absolute atomic E-state index is 12.5. The molecule has 0 bridgehead atoms. The molecule has 2 aliphatic rings. The Labute approximate surface area is 165 Å². The third-order valence-corrected chi connectivity index (χ3v) is 6.19. The van der Waals surface area contributed by atoms with E-state index in [0.29, 0.717) is 30.4 Å². The number of carbonyl (C=O) groups is 1. The topological polar surface area (TPSA) is 70.0 Å². The number of fused-ring (bicyclic) bond motifs is 1. The van der Waals surface area contributed by atoms with Gasteiger partial charge in [-0.25, -0.2) is 0 Å². The Balaban J connectivity index is 1.32. The summed E-state index contributed by atoms with van der Waals surface area (Å²) in [5.41, 5.74) is 1.10. The number of phenols is 1. The molecule has 148 valence electrons. The zero-order valence-corrected chi connectivity index (χ0v) is 16.2. The van der Waals surface area contributed by atoms with Crippen LogP contribution < -0.4 is 4.74 Å². The number of hydrogen-bond acceptors (Lipinski definition) is 5. The lowest BCUT2D eigenvalue weighted by Crippen LogP contribution is -2.34. The molecule has 2 aromatic rings. The van der Waals surface area contributed by atoms with Crippen LogP contribution in [0.4, 0.5) is 0 Å². The highest BCUT2D eigenvalue weighted by Crippen LogP contribution is 2.45. The van der Waals surface area contributed by atoms with E-state index < -0.39 is 5.60 Å². The second-order valence-corrected chi connectivity index (χ2v) is 8.34. The minimum atomic E-state index is -0.656. The van der Waals surface area contributed by atoms with Crippen molar-refractivity contribution in [2.45, 2.75) is 24.9 Å². The van der Waals surface area contributed by atoms with Crippen LogP contribution in [0.5, 0.6) is 11.5 Å². The number of rotatable bonds is 6. The van der Waals surface area contributed by atoms with Crippen molar-refractivity contribution >= 4 is 5.78 Å². The molecular formula is C23H27NO4. The summed E-state index contributed by atoms with van der Waals surface area (Å²) in [6.45, 7) is 2.12. The van der Waals surface area contributed by atoms with E-state index in [4.69, 9.17) is 4.74 Å². The van der Waals surface area contributed by atoms with Gasteiger partial charge < -0.3 is 14.9 Å². The fourth-order valence-corrected chi connectivity index (χ4v) is 4.90. The summed E-state index contributed by atoms with van der Waals surface area (Å²) >= 11 is 0. The summed E-state index contributed by atoms with van der Waals surface area (Å²) < 4.78 is 5.20. The van der Waals surface area contributed by atoms with Gasteiger partial charge in [-0.15, -0.1) is 0 Å². The number of Topliss-reactive ketones (excluding diaryl/α,β-unsaturated/α-hetero) is 1. The van der Waals surface area contributed by atoms with Crippen molar-refractivity contribution in [1.29, 1.82) is 0 Å². The predicted octanol–water partition coefficient (Wildman–Crippen LogP) is 2.90. The van der Waals surface area contributed by atoms with E-state index in [1.54, 1.807) is 31.4 Å². The van der Waals surface area contributed by atoms with Gasteiger partial charge in [-0.05, 0) is 66.6 Å². The molecule has 0 aromatic heterocycles. The SMILES string of the molecule is COc1ccc(CC2(O)CC3CN(CC(=O)c4ccc(O)cc4)CC3C2)cc1. The van der Waals surface area contributed by atoms with Crippen LogP contribution in [0, 0.1) is 11.8 Å². The maximum Gasteiger partial charge on any atom is 0.176 e. The van der Waals surface area contributed by atoms with E-state index in [1.807, 2.05) is 24.3 Å². The predicted molar refractivity (Wildman–Crippen MR) is 107 cm³/mol. The Morgan fingerprint density at radius 2 is 1.68 bits per heavy atom. The highest BCUT2D eigenvalue weighted by molar-refractivity contribution is 5.97. The molecule has 0 radical (unpaired) electrons. The van der Waals surface area contributed by atoms with Gasteiger partial charge in [-0.3, -0.25) is 9.69 Å². The van der Waals surface area contributed by atoms with E-state index >= 15 is 0 Å². The summed E-state index contributed by atoms with van der Waals surface area (Å²) in [5, 5.41) is 20.5. The molecule has 0 amide bonds. The van der Waals surface area contributed by atoms with Gasteiger partial charge in [-0.2, -0.15) is 0 Å². The van der Waals surface area contributed by atoms with Gasteiger partial charge in [0.1, 0.15) is 11.5 Å². The van der Waals surface area contributed by atoms with Gasteiger partial charge in [-0.1, -0.05) is 12.1 Å². The first-order valence-electron chi connectivity index (χ1n) is 9.84. The van der Waals surface area contributed by atoms with Crippen LogP contribution in [-0.2, 0) is 6.42 Å². The first kappa shape index (κ1) is 19.0. The largest absolute Gasteiger partial charge is 0.508 e. The molecule has 2 fully saturated rings. The highest BCUT2D eigenvalue weighted by atomic mass is 16.5. The number of carbonyl (C=O) groups excluding carboxylic acids is 1. The maximum atomic E-state index is 12.5. The van der Waals surface area contributed by atoms with Gasteiger partial charge in [0, 0.05) is 25.1 Å². The molecule has 28 heavy (non-hydrogen) atoms. The van der Waals surface area contributed by atoms with E-state index in [-0.39, 0.29) is 11.5 Å². The summed E-state index contributed by atoms with van der Waals surface area (Å²) in [6.07, 6.45) is 2.23. The quantitative estimate of drug-likeness (QED) is 0.753. The second kappa shape index (κ2) is 7.57. The third kappa shape index (κ3) is 4.05. The molecule has 1 saturated carbocycles.